The van der Waals surface area contributed by atoms with Gasteiger partial charge >= 0.3 is 5.97 Å². The summed E-state index contributed by atoms with van der Waals surface area (Å²) in [6, 6.07) is 2.44. The Morgan fingerprint density at radius 2 is 2.23 bits per heavy atom. The van der Waals surface area contributed by atoms with Gasteiger partial charge in [0.15, 0.2) is 28.2 Å². The summed E-state index contributed by atoms with van der Waals surface area (Å²) in [5.41, 5.74) is -0.659. The molecule has 1 N–H and O–H groups in total. The van der Waals surface area contributed by atoms with E-state index in [-0.39, 0.29) is 27.5 Å². The summed E-state index contributed by atoms with van der Waals surface area (Å²) in [6.07, 6.45) is 1.03. The van der Waals surface area contributed by atoms with Gasteiger partial charge in [0.05, 0.1) is 11.3 Å². The van der Waals surface area contributed by atoms with Crippen LogP contribution in [0.1, 0.15) is 6.92 Å². The van der Waals surface area contributed by atoms with E-state index in [1.165, 1.54) is 0 Å². The molecule has 2 aromatic rings. The van der Waals surface area contributed by atoms with Gasteiger partial charge < -0.3 is 10.1 Å². The molecule has 0 unspecified atom stereocenters. The SMILES string of the molecule is CCOC(=O)/C(C#N)=C/Nc1nc2c(F)c(F)c(F)cc2s1. The summed E-state index contributed by atoms with van der Waals surface area (Å²) in [5.74, 6) is -5.15. The third-order valence-electron chi connectivity index (χ3n) is 2.48. The van der Waals surface area contributed by atoms with Crippen LogP contribution < -0.4 is 5.32 Å². The van der Waals surface area contributed by atoms with Crippen LogP contribution in [0, 0.1) is 28.8 Å². The van der Waals surface area contributed by atoms with Gasteiger partial charge in [-0.05, 0) is 13.0 Å². The molecular weight excluding hydrogens is 319 g/mol. The van der Waals surface area contributed by atoms with Crippen LogP contribution in [-0.4, -0.2) is 17.6 Å². The first kappa shape index (κ1) is 15.8. The summed E-state index contributed by atoms with van der Waals surface area (Å²) >= 11 is 0.837. The average Bonchev–Trinajstić information content (AvgIpc) is 2.89. The number of benzene rings is 1. The lowest BCUT2D eigenvalue weighted by molar-refractivity contribution is -0.138. The van der Waals surface area contributed by atoms with E-state index in [9.17, 15) is 18.0 Å². The second-order valence-electron chi connectivity index (χ2n) is 3.89. The molecule has 114 valence electrons. The molecular formula is C13H8F3N3O2S. The Morgan fingerprint density at radius 3 is 2.86 bits per heavy atom. The van der Waals surface area contributed by atoms with E-state index in [2.05, 4.69) is 15.0 Å². The molecule has 1 aromatic carbocycles. The minimum atomic E-state index is -1.61. The lowest BCUT2D eigenvalue weighted by Gasteiger charge is -1.99. The maximum Gasteiger partial charge on any atom is 0.350 e. The zero-order chi connectivity index (χ0) is 16.3. The van der Waals surface area contributed by atoms with Crippen molar-refractivity contribution in [2.45, 2.75) is 6.92 Å². The largest absolute Gasteiger partial charge is 0.462 e. The highest BCUT2D eigenvalue weighted by Gasteiger charge is 2.17. The third kappa shape index (κ3) is 3.01. The minimum Gasteiger partial charge on any atom is -0.462 e. The van der Waals surface area contributed by atoms with Crippen molar-refractivity contribution in [3.05, 3.63) is 35.3 Å². The van der Waals surface area contributed by atoms with E-state index in [0.29, 0.717) is 0 Å². The van der Waals surface area contributed by atoms with Crippen LogP contribution in [0.2, 0.25) is 0 Å². The second kappa shape index (κ2) is 6.44. The van der Waals surface area contributed by atoms with Crippen molar-refractivity contribution < 1.29 is 22.7 Å². The summed E-state index contributed by atoms with van der Waals surface area (Å²) < 4.78 is 44.5. The van der Waals surface area contributed by atoms with E-state index in [4.69, 9.17) is 5.26 Å². The van der Waals surface area contributed by atoms with Crippen LogP contribution >= 0.6 is 11.3 Å². The fourth-order valence-electron chi connectivity index (χ4n) is 1.52. The lowest BCUT2D eigenvalue weighted by atomic mass is 10.3. The van der Waals surface area contributed by atoms with Gasteiger partial charge in [-0.25, -0.2) is 22.9 Å². The molecule has 22 heavy (non-hydrogen) atoms. The number of fused-ring (bicyclic) bond motifs is 1. The number of hydrogen-bond donors (Lipinski definition) is 1. The van der Waals surface area contributed by atoms with Crippen molar-refractivity contribution >= 4 is 32.7 Å². The molecule has 0 fully saturated rings. The monoisotopic (exact) mass is 327 g/mol. The zero-order valence-electron chi connectivity index (χ0n) is 11.1. The van der Waals surface area contributed by atoms with E-state index in [0.717, 1.165) is 23.6 Å². The number of rotatable bonds is 4. The molecule has 0 amide bonds. The van der Waals surface area contributed by atoms with E-state index < -0.39 is 23.4 Å². The maximum atomic E-state index is 13.5. The van der Waals surface area contributed by atoms with Crippen LogP contribution in [0.3, 0.4) is 0 Å². The fourth-order valence-corrected chi connectivity index (χ4v) is 2.37. The molecule has 0 saturated carbocycles. The van der Waals surface area contributed by atoms with Crippen LogP contribution in [0.15, 0.2) is 17.8 Å². The number of nitrogens with one attached hydrogen (secondary N) is 1. The van der Waals surface area contributed by atoms with Gasteiger partial charge in [-0.15, -0.1) is 0 Å². The molecule has 0 radical (unpaired) electrons. The van der Waals surface area contributed by atoms with Crippen molar-refractivity contribution in [1.82, 2.24) is 4.98 Å². The average molecular weight is 327 g/mol. The zero-order valence-corrected chi connectivity index (χ0v) is 11.9. The molecule has 0 aliphatic heterocycles. The smallest absolute Gasteiger partial charge is 0.350 e. The van der Waals surface area contributed by atoms with Crippen molar-refractivity contribution in [1.29, 1.82) is 5.26 Å². The van der Waals surface area contributed by atoms with Crippen LogP contribution in [0.5, 0.6) is 0 Å². The highest BCUT2D eigenvalue weighted by atomic mass is 32.1. The number of carbonyl (C=O) groups excluding carboxylic acids is 1. The number of esters is 1. The quantitative estimate of drug-likeness (QED) is 0.404. The summed E-state index contributed by atoms with van der Waals surface area (Å²) in [7, 11) is 0. The van der Waals surface area contributed by atoms with Crippen LogP contribution in [0.25, 0.3) is 10.2 Å². The van der Waals surface area contributed by atoms with Crippen LogP contribution in [0.4, 0.5) is 18.3 Å². The number of anilines is 1. The molecule has 0 spiro atoms. The summed E-state index contributed by atoms with van der Waals surface area (Å²) in [4.78, 5) is 15.1. The van der Waals surface area contributed by atoms with Gasteiger partial charge in [-0.2, -0.15) is 5.26 Å². The molecule has 9 heteroatoms. The molecule has 0 aliphatic rings. The van der Waals surface area contributed by atoms with Gasteiger partial charge in [-0.1, -0.05) is 11.3 Å². The Hall–Kier alpha value is -2.60. The molecule has 2 rings (SSSR count). The van der Waals surface area contributed by atoms with Crippen molar-refractivity contribution in [2.75, 3.05) is 11.9 Å². The normalized spacial score (nSPS) is 11.3. The summed E-state index contributed by atoms with van der Waals surface area (Å²) in [6.45, 7) is 1.68. The van der Waals surface area contributed by atoms with Crippen molar-refractivity contribution in [3.63, 3.8) is 0 Å². The predicted molar refractivity (Wildman–Crippen MR) is 73.4 cm³/mol. The molecule has 0 aliphatic carbocycles. The fraction of sp³-hybridized carbons (Fsp3) is 0.154. The van der Waals surface area contributed by atoms with Gasteiger partial charge in [-0.3, -0.25) is 0 Å². The number of halogens is 3. The lowest BCUT2D eigenvalue weighted by Crippen LogP contribution is -2.07. The van der Waals surface area contributed by atoms with Gasteiger partial charge in [0.25, 0.3) is 0 Å². The molecule has 0 bridgehead atoms. The Balaban J connectivity index is 2.31. The van der Waals surface area contributed by atoms with E-state index in [1.807, 2.05) is 0 Å². The molecule has 0 atom stereocenters. The standard InChI is InChI=1S/C13H8F3N3O2S/c1-2-21-12(20)6(4-17)5-18-13-19-11-8(22-13)3-7(14)9(15)10(11)16/h3,5H,2H2,1H3,(H,18,19)/b6-5+. The Morgan fingerprint density at radius 1 is 1.50 bits per heavy atom. The topological polar surface area (TPSA) is 75.0 Å². The number of nitriles is 1. The van der Waals surface area contributed by atoms with E-state index in [1.54, 1.807) is 13.0 Å². The number of nitrogens with zero attached hydrogens (tertiary/aromatic N) is 2. The number of hydrogen-bond acceptors (Lipinski definition) is 6. The molecule has 0 saturated heterocycles. The first-order valence-electron chi connectivity index (χ1n) is 5.95. The second-order valence-corrected chi connectivity index (χ2v) is 4.92. The number of carbonyl (C=O) groups is 1. The highest BCUT2D eigenvalue weighted by molar-refractivity contribution is 7.22. The molecule has 5 nitrogen and oxygen atoms in total. The Labute approximate surface area is 126 Å². The van der Waals surface area contributed by atoms with Gasteiger partial charge in [0.2, 0.25) is 0 Å². The van der Waals surface area contributed by atoms with Crippen LogP contribution in [-0.2, 0) is 9.53 Å². The highest BCUT2D eigenvalue weighted by Crippen LogP contribution is 2.30. The Kier molecular flexibility index (Phi) is 4.62. The first-order valence-corrected chi connectivity index (χ1v) is 6.77. The van der Waals surface area contributed by atoms with E-state index >= 15 is 0 Å². The summed E-state index contributed by atoms with van der Waals surface area (Å²) in [5, 5.41) is 11.4. The predicted octanol–water partition coefficient (Wildman–Crippen LogP) is 3.10. The van der Waals surface area contributed by atoms with Crippen molar-refractivity contribution in [2.24, 2.45) is 0 Å². The first-order chi connectivity index (χ1) is 10.5. The van der Waals surface area contributed by atoms with Gasteiger partial charge in [0, 0.05) is 6.20 Å². The maximum absolute atomic E-state index is 13.5. The molecule has 1 heterocycles. The number of thiazole rings is 1. The third-order valence-corrected chi connectivity index (χ3v) is 3.41. The van der Waals surface area contributed by atoms with Crippen molar-refractivity contribution in [3.8, 4) is 6.07 Å². The Bertz CT molecular complexity index is 811. The minimum absolute atomic E-state index is 0.0657. The molecule has 1 aromatic heterocycles. The number of aromatic nitrogens is 1. The number of ether oxygens (including phenoxy) is 1. The van der Waals surface area contributed by atoms with Gasteiger partial charge in [0.1, 0.15) is 11.6 Å².